The summed E-state index contributed by atoms with van der Waals surface area (Å²) in [5.41, 5.74) is 2.69. The number of aliphatic imine (C=N–C) groups is 2. The van der Waals surface area contributed by atoms with Gasteiger partial charge >= 0.3 is 10.2 Å². The summed E-state index contributed by atoms with van der Waals surface area (Å²) >= 11 is 0. The van der Waals surface area contributed by atoms with Crippen LogP contribution in [0, 0.1) is 5.92 Å². The summed E-state index contributed by atoms with van der Waals surface area (Å²) in [6.07, 6.45) is 5.13. The molecule has 0 bridgehead atoms. The maximum absolute atomic E-state index is 13.3. The molecule has 0 amide bonds. The molecule has 2 aliphatic carbocycles. The van der Waals surface area contributed by atoms with E-state index in [9.17, 15) is 16.8 Å². The number of amidine groups is 2. The van der Waals surface area contributed by atoms with Gasteiger partial charge in [-0.25, -0.2) is 22.6 Å². The van der Waals surface area contributed by atoms with Crippen molar-refractivity contribution in [2.24, 2.45) is 15.9 Å². The molecule has 3 N–H and O–H groups in total. The first-order valence-corrected chi connectivity index (χ1v) is 14.9. The van der Waals surface area contributed by atoms with E-state index in [2.05, 4.69) is 24.1 Å². The Hall–Kier alpha value is -2.57. The molecule has 10 nitrogen and oxygen atoms in total. The van der Waals surface area contributed by atoms with E-state index in [1.54, 1.807) is 12.3 Å². The summed E-state index contributed by atoms with van der Waals surface area (Å²) in [6.45, 7) is 6.49. The maximum atomic E-state index is 13.3. The number of aryl methyl sites for hydroxylation is 1. The van der Waals surface area contributed by atoms with Gasteiger partial charge in [-0.2, -0.15) is 8.42 Å². The summed E-state index contributed by atoms with van der Waals surface area (Å²) in [5, 5.41) is 1.38. The van der Waals surface area contributed by atoms with E-state index in [4.69, 9.17) is 4.99 Å². The molecule has 1 atom stereocenters. The van der Waals surface area contributed by atoms with Gasteiger partial charge in [0.15, 0.2) is 11.7 Å². The highest BCUT2D eigenvalue weighted by atomic mass is 32.2. The summed E-state index contributed by atoms with van der Waals surface area (Å²) in [4.78, 5) is 13.9. The molecular formula is C23H30N6O4S2. The summed E-state index contributed by atoms with van der Waals surface area (Å²) in [6, 6.07) is 3.32. The van der Waals surface area contributed by atoms with Gasteiger partial charge in [-0.3, -0.25) is 15.0 Å². The standard InChI is InChI=1S/C23H30N6O4S2/c1-4-24-22-23(29-35(32,33)28-22)27-18-8-7-15-9-20(34(30,31)26-11-13(2)3)16-10-19(14-5-6-14)25-12-17(16)21(15)18/h9-10,12-14,18,26H,4-8,11H2,1-3H3,(H,24,28)(H,27,29). The van der Waals surface area contributed by atoms with Crippen molar-refractivity contribution in [3.8, 4) is 0 Å². The Labute approximate surface area is 206 Å². The third kappa shape index (κ3) is 4.78. The highest BCUT2D eigenvalue weighted by Gasteiger charge is 2.34. The van der Waals surface area contributed by atoms with Crippen LogP contribution in [0.15, 0.2) is 33.2 Å². The zero-order valence-electron chi connectivity index (χ0n) is 20.0. The molecule has 1 saturated carbocycles. The number of aromatic nitrogens is 1. The average Bonchev–Trinajstić information content (AvgIpc) is 3.50. The predicted octanol–water partition coefficient (Wildman–Crippen LogP) is 2.29. The zero-order valence-corrected chi connectivity index (χ0v) is 21.6. The fourth-order valence-electron chi connectivity index (χ4n) is 4.61. The number of pyridine rings is 1. The molecule has 0 radical (unpaired) electrons. The first kappa shape index (κ1) is 24.1. The molecule has 0 spiro atoms. The number of nitrogens with one attached hydrogen (secondary N) is 3. The monoisotopic (exact) mass is 518 g/mol. The van der Waals surface area contributed by atoms with Crippen molar-refractivity contribution in [1.29, 1.82) is 0 Å². The summed E-state index contributed by atoms with van der Waals surface area (Å²) in [5.74, 6) is 0.916. The van der Waals surface area contributed by atoms with Crippen LogP contribution in [0.25, 0.3) is 10.8 Å². The number of hydrogen-bond acceptors (Lipinski definition) is 7. The Balaban J connectivity index is 1.65. The largest absolute Gasteiger partial charge is 0.324 e. The van der Waals surface area contributed by atoms with Crippen molar-refractivity contribution in [1.82, 2.24) is 19.2 Å². The number of sulfonamides is 1. The summed E-state index contributed by atoms with van der Waals surface area (Å²) < 4.78 is 58.3. The lowest BCUT2D eigenvalue weighted by Gasteiger charge is -2.17. The third-order valence-electron chi connectivity index (χ3n) is 6.41. The molecule has 1 aliphatic heterocycles. The zero-order chi connectivity index (χ0) is 25.0. The smallest absolute Gasteiger partial charge is 0.265 e. The van der Waals surface area contributed by atoms with Gasteiger partial charge in [0, 0.05) is 41.7 Å². The second-order valence-electron chi connectivity index (χ2n) is 9.68. The normalized spacial score (nSPS) is 23.7. The Kier molecular flexibility index (Phi) is 6.09. The molecule has 5 rings (SSSR count). The Morgan fingerprint density at radius 1 is 1.14 bits per heavy atom. The molecule has 1 saturated heterocycles. The molecule has 2 aromatic rings. The molecule has 188 valence electrons. The lowest BCUT2D eigenvalue weighted by atomic mass is 9.99. The van der Waals surface area contributed by atoms with Crippen molar-refractivity contribution in [3.05, 3.63) is 35.2 Å². The molecule has 2 fully saturated rings. The van der Waals surface area contributed by atoms with Gasteiger partial charge in [0.05, 0.1) is 10.9 Å². The maximum Gasteiger partial charge on any atom is 0.324 e. The highest BCUT2D eigenvalue weighted by molar-refractivity contribution is 7.90. The molecule has 12 heteroatoms. The second-order valence-corrected chi connectivity index (χ2v) is 12.8. The second kappa shape index (κ2) is 8.82. The number of rotatable bonds is 7. The van der Waals surface area contributed by atoms with E-state index in [0.29, 0.717) is 37.2 Å². The van der Waals surface area contributed by atoms with Gasteiger partial charge in [0.25, 0.3) is 0 Å². The van der Waals surface area contributed by atoms with Gasteiger partial charge in [-0.1, -0.05) is 13.8 Å². The number of fused-ring (bicyclic) bond motifs is 3. The summed E-state index contributed by atoms with van der Waals surface area (Å²) in [7, 11) is -7.47. The molecule has 1 unspecified atom stereocenters. The van der Waals surface area contributed by atoms with Gasteiger partial charge in [-0.05, 0) is 61.8 Å². The minimum absolute atomic E-state index is 0.177. The van der Waals surface area contributed by atoms with Crippen LogP contribution in [0.4, 0.5) is 0 Å². The molecule has 35 heavy (non-hydrogen) atoms. The lowest BCUT2D eigenvalue weighted by molar-refractivity contribution is 0.561. The van der Waals surface area contributed by atoms with Gasteiger partial charge in [-0.15, -0.1) is 0 Å². The topological polar surface area (TPSA) is 142 Å². The van der Waals surface area contributed by atoms with Crippen molar-refractivity contribution in [3.63, 3.8) is 0 Å². The predicted molar refractivity (Wildman–Crippen MR) is 135 cm³/mol. The van der Waals surface area contributed by atoms with E-state index in [0.717, 1.165) is 35.0 Å². The lowest BCUT2D eigenvalue weighted by Crippen LogP contribution is -2.28. The molecule has 2 heterocycles. The fourth-order valence-corrected chi connectivity index (χ4v) is 6.94. The van der Waals surface area contributed by atoms with Crippen molar-refractivity contribution in [2.45, 2.75) is 63.3 Å². The molecular weight excluding hydrogens is 488 g/mol. The van der Waals surface area contributed by atoms with Crippen LogP contribution >= 0.6 is 0 Å². The van der Waals surface area contributed by atoms with Gasteiger partial charge < -0.3 is 0 Å². The van der Waals surface area contributed by atoms with Crippen LogP contribution in [-0.4, -0.2) is 46.6 Å². The van der Waals surface area contributed by atoms with E-state index in [-0.39, 0.29) is 28.5 Å². The Morgan fingerprint density at radius 2 is 1.89 bits per heavy atom. The van der Waals surface area contributed by atoms with E-state index < -0.39 is 20.2 Å². The Bertz CT molecular complexity index is 1460. The Morgan fingerprint density at radius 3 is 2.57 bits per heavy atom. The van der Waals surface area contributed by atoms with Crippen LogP contribution < -0.4 is 14.2 Å². The SMILES string of the molecule is CCN=C1NS(=O)(=O)NC1=NC1CCc2cc(S(=O)(=O)NCC(C)C)c3cc(C4CC4)ncc3c21. The van der Waals surface area contributed by atoms with Gasteiger partial charge in [0.2, 0.25) is 10.0 Å². The van der Waals surface area contributed by atoms with Crippen LogP contribution in [-0.2, 0) is 26.7 Å². The first-order chi connectivity index (χ1) is 16.6. The van der Waals surface area contributed by atoms with Crippen LogP contribution in [0.3, 0.4) is 0 Å². The minimum Gasteiger partial charge on any atom is -0.265 e. The average molecular weight is 519 g/mol. The van der Waals surface area contributed by atoms with Crippen molar-refractivity contribution in [2.75, 3.05) is 13.1 Å². The highest BCUT2D eigenvalue weighted by Crippen LogP contribution is 2.44. The van der Waals surface area contributed by atoms with Crippen molar-refractivity contribution < 1.29 is 16.8 Å². The quantitative estimate of drug-likeness (QED) is 0.516. The first-order valence-electron chi connectivity index (χ1n) is 12.0. The molecule has 1 aromatic carbocycles. The number of hydrogen-bond donors (Lipinski definition) is 3. The fraction of sp³-hybridized carbons (Fsp3) is 0.522. The number of nitrogens with zero attached hydrogens (tertiary/aromatic N) is 3. The third-order valence-corrected chi connectivity index (χ3v) is 8.79. The van der Waals surface area contributed by atoms with Crippen molar-refractivity contribution >= 4 is 42.7 Å². The van der Waals surface area contributed by atoms with Crippen LogP contribution in [0.2, 0.25) is 0 Å². The van der Waals surface area contributed by atoms with E-state index >= 15 is 0 Å². The number of benzene rings is 1. The molecule has 3 aliphatic rings. The van der Waals surface area contributed by atoms with E-state index in [1.165, 1.54) is 0 Å². The van der Waals surface area contributed by atoms with Crippen LogP contribution in [0.1, 0.15) is 68.8 Å². The van der Waals surface area contributed by atoms with Crippen LogP contribution in [0.5, 0.6) is 0 Å². The van der Waals surface area contributed by atoms with Gasteiger partial charge in [0.1, 0.15) is 0 Å². The minimum atomic E-state index is -3.74. The molecule has 1 aromatic heterocycles. The van der Waals surface area contributed by atoms with E-state index in [1.807, 2.05) is 26.8 Å².